The maximum atomic E-state index is 12.5. The minimum Gasteiger partial charge on any atom is -0.494 e. The highest BCUT2D eigenvalue weighted by Crippen LogP contribution is 2.24. The third-order valence-electron chi connectivity index (χ3n) is 4.12. The predicted octanol–water partition coefficient (Wildman–Crippen LogP) is 4.02. The van der Waals surface area contributed by atoms with Crippen LogP contribution in [0.15, 0.2) is 57.7 Å². The van der Waals surface area contributed by atoms with Crippen LogP contribution >= 0.6 is 0 Å². The van der Waals surface area contributed by atoms with Crippen LogP contribution in [0.4, 0.5) is 0 Å². The van der Waals surface area contributed by atoms with E-state index in [0.29, 0.717) is 29.7 Å². The van der Waals surface area contributed by atoms with Crippen LogP contribution in [0.5, 0.6) is 11.5 Å². The first-order valence-corrected chi connectivity index (χ1v) is 8.48. The Hall–Kier alpha value is -3.08. The summed E-state index contributed by atoms with van der Waals surface area (Å²) in [6.07, 6.45) is 0.773. The van der Waals surface area contributed by atoms with E-state index in [1.165, 1.54) is 7.11 Å². The molecule has 0 fully saturated rings. The number of aryl methyl sites for hydroxylation is 1. The van der Waals surface area contributed by atoms with Crippen molar-refractivity contribution in [2.75, 3.05) is 13.7 Å². The Balaban J connectivity index is 1.77. The molecule has 3 rings (SSSR count). The van der Waals surface area contributed by atoms with Crippen molar-refractivity contribution in [1.82, 2.24) is 0 Å². The number of hydrogen-bond donors (Lipinski definition) is 0. The Labute approximate surface area is 151 Å². The van der Waals surface area contributed by atoms with Gasteiger partial charge in [-0.05, 0) is 43.2 Å². The molecular weight excluding hydrogens is 332 g/mol. The van der Waals surface area contributed by atoms with E-state index in [0.717, 1.165) is 11.3 Å². The summed E-state index contributed by atoms with van der Waals surface area (Å²) in [7, 11) is 1.50. The molecular formula is C21H20O5. The van der Waals surface area contributed by atoms with Gasteiger partial charge >= 0.3 is 5.63 Å². The first-order valence-electron chi connectivity index (χ1n) is 8.48. The smallest absolute Gasteiger partial charge is 0.347 e. The summed E-state index contributed by atoms with van der Waals surface area (Å²) in [5.74, 6) is 1.03. The van der Waals surface area contributed by atoms with Crippen LogP contribution in [0.1, 0.15) is 29.3 Å². The van der Waals surface area contributed by atoms with E-state index in [4.69, 9.17) is 13.9 Å². The minimum absolute atomic E-state index is 0.0664. The highest BCUT2D eigenvalue weighted by Gasteiger charge is 2.15. The topological polar surface area (TPSA) is 65.7 Å². The number of hydrogen-bond acceptors (Lipinski definition) is 5. The first kappa shape index (κ1) is 17.7. The summed E-state index contributed by atoms with van der Waals surface area (Å²) in [6, 6.07) is 14.4. The maximum Gasteiger partial charge on any atom is 0.347 e. The molecule has 0 saturated heterocycles. The Morgan fingerprint density at radius 2 is 1.88 bits per heavy atom. The molecule has 0 unspecified atom stereocenters. The van der Waals surface area contributed by atoms with Crippen molar-refractivity contribution in [2.24, 2.45) is 0 Å². The van der Waals surface area contributed by atoms with E-state index in [1.807, 2.05) is 31.2 Å². The Morgan fingerprint density at radius 3 is 2.58 bits per heavy atom. The number of carbonyl (C=O) groups excluding carboxylic acids is 1. The number of methoxy groups -OCH3 is 1. The molecule has 1 heterocycles. The Kier molecular flexibility index (Phi) is 5.37. The van der Waals surface area contributed by atoms with Crippen LogP contribution in [-0.2, 0) is 6.42 Å². The van der Waals surface area contributed by atoms with Crippen molar-refractivity contribution in [3.8, 4) is 11.5 Å². The second kappa shape index (κ2) is 7.87. The fourth-order valence-electron chi connectivity index (χ4n) is 2.78. The molecule has 26 heavy (non-hydrogen) atoms. The van der Waals surface area contributed by atoms with Crippen molar-refractivity contribution in [1.29, 1.82) is 0 Å². The largest absolute Gasteiger partial charge is 0.494 e. The van der Waals surface area contributed by atoms with E-state index >= 15 is 0 Å². The van der Waals surface area contributed by atoms with Crippen LogP contribution in [-0.4, -0.2) is 19.5 Å². The van der Waals surface area contributed by atoms with E-state index in [-0.39, 0.29) is 17.8 Å². The van der Waals surface area contributed by atoms with Gasteiger partial charge in [0.2, 0.25) is 0 Å². The molecule has 5 heteroatoms. The maximum absolute atomic E-state index is 12.5. The summed E-state index contributed by atoms with van der Waals surface area (Å²) < 4.78 is 15.9. The molecule has 3 aromatic rings. The van der Waals surface area contributed by atoms with E-state index in [9.17, 15) is 9.59 Å². The van der Waals surface area contributed by atoms with E-state index < -0.39 is 5.63 Å². The van der Waals surface area contributed by atoms with Gasteiger partial charge in [-0.1, -0.05) is 24.3 Å². The number of para-hydroxylation sites is 1. The fraction of sp³-hybridized carbons (Fsp3) is 0.238. The van der Waals surface area contributed by atoms with Gasteiger partial charge < -0.3 is 13.9 Å². The van der Waals surface area contributed by atoms with E-state index in [2.05, 4.69) is 0 Å². The number of ether oxygens (including phenoxy) is 2. The van der Waals surface area contributed by atoms with Crippen LogP contribution in [0, 0.1) is 0 Å². The molecule has 0 aliphatic carbocycles. The third kappa shape index (κ3) is 3.77. The number of Topliss-reactive ketones (excluding diaryl/α,β-unsaturated/α-hetero) is 1. The number of fused-ring (bicyclic) bond motifs is 1. The molecule has 0 aliphatic heterocycles. The lowest BCUT2D eigenvalue weighted by Crippen LogP contribution is -2.14. The van der Waals surface area contributed by atoms with Gasteiger partial charge in [0.25, 0.3) is 0 Å². The summed E-state index contributed by atoms with van der Waals surface area (Å²) >= 11 is 0. The molecule has 134 valence electrons. The lowest BCUT2D eigenvalue weighted by molar-refractivity contribution is 0.0979. The standard InChI is InChI=1S/C21H20O5/c1-3-25-16-10-7-14(8-11-16)9-12-18(22)17-13-15-5-4-6-19(24-2)20(15)26-21(17)23/h4-8,10-11,13H,3,9,12H2,1-2H3. The average Bonchev–Trinajstić information content (AvgIpc) is 2.66. The molecule has 2 aromatic carbocycles. The summed E-state index contributed by atoms with van der Waals surface area (Å²) in [6.45, 7) is 2.54. The van der Waals surface area contributed by atoms with Gasteiger partial charge in [-0.15, -0.1) is 0 Å². The minimum atomic E-state index is -0.640. The quantitative estimate of drug-likeness (QED) is 0.475. The van der Waals surface area contributed by atoms with Crippen molar-refractivity contribution in [2.45, 2.75) is 19.8 Å². The monoisotopic (exact) mass is 352 g/mol. The lowest BCUT2D eigenvalue weighted by atomic mass is 10.0. The average molecular weight is 352 g/mol. The molecule has 5 nitrogen and oxygen atoms in total. The second-order valence-electron chi connectivity index (χ2n) is 5.83. The molecule has 0 spiro atoms. The lowest BCUT2D eigenvalue weighted by Gasteiger charge is -2.06. The van der Waals surface area contributed by atoms with Crippen molar-refractivity contribution < 1.29 is 18.7 Å². The molecule has 0 N–H and O–H groups in total. The molecule has 0 bridgehead atoms. The van der Waals surface area contributed by atoms with Crippen molar-refractivity contribution in [3.05, 3.63) is 70.1 Å². The van der Waals surface area contributed by atoms with Gasteiger partial charge in [-0.2, -0.15) is 0 Å². The van der Waals surface area contributed by atoms with Gasteiger partial charge in [-0.3, -0.25) is 4.79 Å². The molecule has 0 amide bonds. The van der Waals surface area contributed by atoms with Crippen LogP contribution in [0.3, 0.4) is 0 Å². The SMILES string of the molecule is CCOc1ccc(CCC(=O)c2cc3cccc(OC)c3oc2=O)cc1. The van der Waals surface area contributed by atoms with Gasteiger partial charge in [0, 0.05) is 11.8 Å². The Morgan fingerprint density at radius 1 is 1.12 bits per heavy atom. The van der Waals surface area contributed by atoms with Crippen molar-refractivity contribution >= 4 is 16.8 Å². The number of carbonyl (C=O) groups is 1. The highest BCUT2D eigenvalue weighted by atomic mass is 16.5. The summed E-state index contributed by atoms with van der Waals surface area (Å²) in [5.41, 5.74) is 0.784. The van der Waals surface area contributed by atoms with Crippen LogP contribution < -0.4 is 15.1 Å². The zero-order valence-electron chi connectivity index (χ0n) is 14.8. The summed E-state index contributed by atoms with van der Waals surface area (Å²) in [5, 5.41) is 0.661. The van der Waals surface area contributed by atoms with Gasteiger partial charge in [0.05, 0.1) is 13.7 Å². The fourth-order valence-corrected chi connectivity index (χ4v) is 2.78. The molecule has 0 atom stereocenters. The van der Waals surface area contributed by atoms with Crippen LogP contribution in [0.25, 0.3) is 11.0 Å². The molecule has 0 aliphatic rings. The predicted molar refractivity (Wildman–Crippen MR) is 99.3 cm³/mol. The van der Waals surface area contributed by atoms with Gasteiger partial charge in [0.15, 0.2) is 17.1 Å². The molecule has 0 saturated carbocycles. The zero-order valence-corrected chi connectivity index (χ0v) is 14.8. The second-order valence-corrected chi connectivity index (χ2v) is 5.83. The van der Waals surface area contributed by atoms with Gasteiger partial charge in [0.1, 0.15) is 11.3 Å². The van der Waals surface area contributed by atoms with E-state index in [1.54, 1.807) is 24.3 Å². The summed E-state index contributed by atoms with van der Waals surface area (Å²) in [4.78, 5) is 24.7. The number of benzene rings is 2. The number of rotatable bonds is 7. The van der Waals surface area contributed by atoms with Gasteiger partial charge in [-0.25, -0.2) is 4.79 Å². The molecule has 1 aromatic heterocycles. The third-order valence-corrected chi connectivity index (χ3v) is 4.12. The normalized spacial score (nSPS) is 10.7. The number of ketones is 1. The van der Waals surface area contributed by atoms with Crippen LogP contribution in [0.2, 0.25) is 0 Å². The van der Waals surface area contributed by atoms with Crippen molar-refractivity contribution in [3.63, 3.8) is 0 Å². The molecule has 0 radical (unpaired) electrons. The Bertz CT molecular complexity index is 970. The highest BCUT2D eigenvalue weighted by molar-refractivity contribution is 5.98. The first-order chi connectivity index (χ1) is 12.6. The zero-order chi connectivity index (χ0) is 18.5.